The van der Waals surface area contributed by atoms with E-state index in [2.05, 4.69) is 15.9 Å². The molecular formula is C16H24BrO5P. The van der Waals surface area contributed by atoms with E-state index in [1.165, 1.54) is 14.2 Å². The topological polar surface area (TPSA) is 54.0 Å². The van der Waals surface area contributed by atoms with Crippen molar-refractivity contribution in [3.8, 4) is 0 Å². The van der Waals surface area contributed by atoms with Gasteiger partial charge in [-0.25, -0.2) is 0 Å². The summed E-state index contributed by atoms with van der Waals surface area (Å²) in [6, 6.07) is 6.05. The molecule has 0 bridgehead atoms. The fraction of sp³-hybridized carbons (Fsp3) is 0.625. The lowest BCUT2D eigenvalue weighted by Gasteiger charge is -2.23. The van der Waals surface area contributed by atoms with E-state index in [1.54, 1.807) is 0 Å². The highest BCUT2D eigenvalue weighted by Gasteiger charge is 2.24. The van der Waals surface area contributed by atoms with Gasteiger partial charge in [0.1, 0.15) is 0 Å². The van der Waals surface area contributed by atoms with Crippen molar-refractivity contribution < 1.29 is 23.1 Å². The molecule has 0 aliphatic carbocycles. The standard InChI is InChI=1S/C16H24BrO5P/c1-19-23(18,20-2)12-15-9-13(10-17)6-7-14(15)11-22-16-5-3-4-8-21-16/h6-7,9,16H,3-5,8,10-12H2,1-2H3. The Morgan fingerprint density at radius 3 is 2.65 bits per heavy atom. The average Bonchev–Trinajstić information content (AvgIpc) is 2.61. The molecule has 0 N–H and O–H groups in total. The molecule has 23 heavy (non-hydrogen) atoms. The Kier molecular flexibility index (Phi) is 7.73. The second-order valence-electron chi connectivity index (χ2n) is 5.48. The highest BCUT2D eigenvalue weighted by Crippen LogP contribution is 2.50. The van der Waals surface area contributed by atoms with Gasteiger partial charge in [-0.3, -0.25) is 4.57 Å². The monoisotopic (exact) mass is 406 g/mol. The van der Waals surface area contributed by atoms with E-state index in [-0.39, 0.29) is 12.5 Å². The Bertz CT molecular complexity index is 537. The number of alkyl halides is 1. The highest BCUT2D eigenvalue weighted by atomic mass is 79.9. The quantitative estimate of drug-likeness (QED) is 0.465. The van der Waals surface area contributed by atoms with Crippen LogP contribution in [0.2, 0.25) is 0 Å². The van der Waals surface area contributed by atoms with Gasteiger partial charge < -0.3 is 18.5 Å². The molecule has 0 spiro atoms. The Labute approximate surface area is 146 Å². The van der Waals surface area contributed by atoms with Gasteiger partial charge in [0, 0.05) is 26.2 Å². The second kappa shape index (κ2) is 9.30. The molecule has 1 unspecified atom stereocenters. The van der Waals surface area contributed by atoms with Gasteiger partial charge in [0.2, 0.25) is 0 Å². The summed E-state index contributed by atoms with van der Waals surface area (Å²) >= 11 is 3.45. The van der Waals surface area contributed by atoms with Gasteiger partial charge in [-0.05, 0) is 36.0 Å². The van der Waals surface area contributed by atoms with E-state index in [0.717, 1.165) is 47.9 Å². The Morgan fingerprint density at radius 1 is 1.26 bits per heavy atom. The van der Waals surface area contributed by atoms with E-state index in [1.807, 2.05) is 18.2 Å². The van der Waals surface area contributed by atoms with Crippen molar-refractivity contribution in [1.82, 2.24) is 0 Å². The van der Waals surface area contributed by atoms with Crippen molar-refractivity contribution >= 4 is 23.5 Å². The largest absolute Gasteiger partial charge is 0.353 e. The minimum Gasteiger partial charge on any atom is -0.353 e. The van der Waals surface area contributed by atoms with Gasteiger partial charge in [0.25, 0.3) is 0 Å². The third kappa shape index (κ3) is 5.66. The minimum absolute atomic E-state index is 0.149. The van der Waals surface area contributed by atoms with Crippen LogP contribution in [0.1, 0.15) is 36.0 Å². The van der Waals surface area contributed by atoms with Gasteiger partial charge in [-0.1, -0.05) is 34.1 Å². The summed E-state index contributed by atoms with van der Waals surface area (Å²) in [5, 5.41) is 0.733. The van der Waals surface area contributed by atoms with E-state index < -0.39 is 7.60 Å². The fourth-order valence-corrected chi connectivity index (χ4v) is 3.96. The van der Waals surface area contributed by atoms with Crippen molar-refractivity contribution in [2.24, 2.45) is 0 Å². The lowest BCUT2D eigenvalue weighted by molar-refractivity contribution is -0.169. The van der Waals surface area contributed by atoms with Gasteiger partial charge >= 0.3 is 7.60 Å². The molecule has 2 rings (SSSR count). The van der Waals surface area contributed by atoms with Crippen LogP contribution in [0.25, 0.3) is 0 Å². The molecule has 7 heteroatoms. The summed E-state index contributed by atoms with van der Waals surface area (Å²) in [6.45, 7) is 1.18. The van der Waals surface area contributed by atoms with Crippen molar-refractivity contribution in [3.05, 3.63) is 34.9 Å². The first-order chi connectivity index (χ1) is 11.1. The van der Waals surface area contributed by atoms with E-state index in [4.69, 9.17) is 18.5 Å². The molecule has 130 valence electrons. The van der Waals surface area contributed by atoms with Crippen LogP contribution < -0.4 is 0 Å². The van der Waals surface area contributed by atoms with Crippen molar-refractivity contribution in [1.29, 1.82) is 0 Å². The molecular weight excluding hydrogens is 383 g/mol. The van der Waals surface area contributed by atoms with Crippen LogP contribution in [0.5, 0.6) is 0 Å². The molecule has 1 saturated heterocycles. The lowest BCUT2D eigenvalue weighted by Crippen LogP contribution is -2.22. The summed E-state index contributed by atoms with van der Waals surface area (Å²) in [4.78, 5) is 0. The summed E-state index contributed by atoms with van der Waals surface area (Å²) in [5.74, 6) is 0. The van der Waals surface area contributed by atoms with Crippen LogP contribution in [0, 0.1) is 0 Å². The Hall–Kier alpha value is -0.230. The Balaban J connectivity index is 2.12. The molecule has 1 heterocycles. The van der Waals surface area contributed by atoms with Crippen molar-refractivity contribution in [3.63, 3.8) is 0 Å². The van der Waals surface area contributed by atoms with E-state index >= 15 is 0 Å². The molecule has 1 aromatic carbocycles. The summed E-state index contributed by atoms with van der Waals surface area (Å²) in [5.41, 5.74) is 3.01. The maximum Gasteiger partial charge on any atom is 0.334 e. The number of hydrogen-bond acceptors (Lipinski definition) is 5. The molecule has 1 aliphatic heterocycles. The van der Waals surface area contributed by atoms with Crippen LogP contribution in [-0.4, -0.2) is 27.1 Å². The first kappa shape index (κ1) is 19.1. The molecule has 0 aromatic heterocycles. The zero-order valence-corrected chi connectivity index (χ0v) is 16.1. The van der Waals surface area contributed by atoms with Gasteiger partial charge in [0.15, 0.2) is 6.29 Å². The maximum absolute atomic E-state index is 12.5. The molecule has 0 amide bonds. The van der Waals surface area contributed by atoms with Gasteiger partial charge in [-0.2, -0.15) is 0 Å². The first-order valence-corrected chi connectivity index (χ1v) is 10.6. The average molecular weight is 407 g/mol. The lowest BCUT2D eigenvalue weighted by atomic mass is 10.1. The van der Waals surface area contributed by atoms with E-state index in [0.29, 0.717) is 6.61 Å². The van der Waals surface area contributed by atoms with Crippen LogP contribution in [0.3, 0.4) is 0 Å². The minimum atomic E-state index is -3.12. The molecule has 1 aliphatic rings. The van der Waals surface area contributed by atoms with Gasteiger partial charge in [-0.15, -0.1) is 0 Å². The number of hydrogen-bond donors (Lipinski definition) is 0. The summed E-state index contributed by atoms with van der Waals surface area (Å²) in [6.07, 6.45) is 3.22. The molecule has 1 fully saturated rings. The zero-order chi connectivity index (χ0) is 16.7. The van der Waals surface area contributed by atoms with Crippen molar-refractivity contribution in [2.75, 3.05) is 20.8 Å². The van der Waals surface area contributed by atoms with Crippen LogP contribution >= 0.6 is 23.5 Å². The zero-order valence-electron chi connectivity index (χ0n) is 13.6. The molecule has 1 aromatic rings. The summed E-state index contributed by atoms with van der Waals surface area (Å²) < 4.78 is 34.0. The number of ether oxygens (including phenoxy) is 2. The first-order valence-electron chi connectivity index (χ1n) is 7.70. The maximum atomic E-state index is 12.5. The third-order valence-electron chi connectivity index (χ3n) is 3.91. The fourth-order valence-electron chi connectivity index (χ4n) is 2.49. The van der Waals surface area contributed by atoms with Crippen LogP contribution in [0.4, 0.5) is 0 Å². The van der Waals surface area contributed by atoms with Crippen LogP contribution in [0.15, 0.2) is 18.2 Å². The normalized spacial score (nSPS) is 19.0. The van der Waals surface area contributed by atoms with Crippen molar-refractivity contribution in [2.45, 2.75) is 43.7 Å². The molecule has 0 saturated carbocycles. The molecule has 0 radical (unpaired) electrons. The number of halogens is 1. The smallest absolute Gasteiger partial charge is 0.334 e. The van der Waals surface area contributed by atoms with Crippen LogP contribution in [-0.2, 0) is 41.2 Å². The third-order valence-corrected chi connectivity index (χ3v) is 6.40. The SMILES string of the molecule is COP(=O)(Cc1cc(CBr)ccc1COC1CCCCO1)OC. The summed E-state index contributed by atoms with van der Waals surface area (Å²) in [7, 11) is -0.303. The van der Waals surface area contributed by atoms with Gasteiger partial charge in [0.05, 0.1) is 12.8 Å². The number of rotatable bonds is 8. The Morgan fingerprint density at radius 2 is 2.04 bits per heavy atom. The predicted octanol–water partition coefficient (Wildman–Crippen LogP) is 4.61. The molecule has 5 nitrogen and oxygen atoms in total. The second-order valence-corrected chi connectivity index (χ2v) is 8.31. The molecule has 1 atom stereocenters. The van der Waals surface area contributed by atoms with E-state index in [9.17, 15) is 4.57 Å². The number of benzene rings is 1. The highest BCUT2D eigenvalue weighted by molar-refractivity contribution is 9.08. The predicted molar refractivity (Wildman–Crippen MR) is 92.8 cm³/mol.